The van der Waals surface area contributed by atoms with Gasteiger partial charge in [-0.15, -0.1) is 0 Å². The van der Waals surface area contributed by atoms with Crippen LogP contribution in [0.15, 0.2) is 42.6 Å². The third-order valence-electron chi connectivity index (χ3n) is 4.35. The number of fused-ring (bicyclic) bond motifs is 1. The van der Waals surface area contributed by atoms with E-state index in [0.717, 1.165) is 16.8 Å². The predicted octanol–water partition coefficient (Wildman–Crippen LogP) is 3.91. The van der Waals surface area contributed by atoms with Crippen molar-refractivity contribution in [2.45, 2.75) is 25.3 Å². The summed E-state index contributed by atoms with van der Waals surface area (Å²) in [6, 6.07) is 9.30. The van der Waals surface area contributed by atoms with E-state index in [4.69, 9.17) is 5.73 Å². The maximum absolute atomic E-state index is 13.8. The van der Waals surface area contributed by atoms with Crippen molar-refractivity contribution in [3.05, 3.63) is 54.1 Å². The number of anilines is 1. The molecular formula is C18H15F3N4. The summed E-state index contributed by atoms with van der Waals surface area (Å²) >= 11 is 0. The second kappa shape index (κ2) is 5.61. The van der Waals surface area contributed by atoms with E-state index in [1.807, 2.05) is 0 Å². The van der Waals surface area contributed by atoms with Crippen LogP contribution in [-0.2, 0) is 13.0 Å². The molecule has 0 saturated heterocycles. The number of hydrogen-bond acceptors (Lipinski definition) is 3. The Balaban J connectivity index is 1.94. The highest BCUT2D eigenvalue weighted by atomic mass is 19.3. The van der Waals surface area contributed by atoms with Gasteiger partial charge in [-0.05, 0) is 48.4 Å². The highest BCUT2D eigenvalue weighted by molar-refractivity contribution is 5.83. The van der Waals surface area contributed by atoms with E-state index in [9.17, 15) is 13.2 Å². The summed E-state index contributed by atoms with van der Waals surface area (Å²) in [5, 5.41) is 4.41. The highest BCUT2D eigenvalue weighted by Crippen LogP contribution is 2.40. The smallest absolute Gasteiger partial charge is 0.267 e. The number of rotatable bonds is 2. The molecule has 0 aliphatic carbocycles. The Kier molecular flexibility index (Phi) is 3.52. The van der Waals surface area contributed by atoms with E-state index >= 15 is 0 Å². The number of hydrogen-bond donors (Lipinski definition) is 1. The van der Waals surface area contributed by atoms with Crippen molar-refractivity contribution in [2.75, 3.05) is 5.73 Å². The molecule has 3 aromatic rings. The third kappa shape index (κ3) is 2.86. The van der Waals surface area contributed by atoms with Crippen LogP contribution in [0.4, 0.5) is 19.0 Å². The molecule has 25 heavy (non-hydrogen) atoms. The Bertz CT molecular complexity index is 932. The summed E-state index contributed by atoms with van der Waals surface area (Å²) in [5.41, 5.74) is 9.23. The number of pyridine rings is 1. The van der Waals surface area contributed by atoms with Crippen LogP contribution in [0, 0.1) is 5.82 Å². The van der Waals surface area contributed by atoms with Gasteiger partial charge in [-0.1, -0.05) is 0 Å². The lowest BCUT2D eigenvalue weighted by molar-refractivity contribution is -0.0377. The molecule has 0 unspecified atom stereocenters. The molecule has 3 heterocycles. The molecule has 4 rings (SSSR count). The van der Waals surface area contributed by atoms with Gasteiger partial charge >= 0.3 is 0 Å². The van der Waals surface area contributed by atoms with Gasteiger partial charge in [0, 0.05) is 29.4 Å². The van der Waals surface area contributed by atoms with Crippen LogP contribution in [0.2, 0.25) is 0 Å². The van der Waals surface area contributed by atoms with Crippen molar-refractivity contribution in [1.29, 1.82) is 0 Å². The zero-order chi connectivity index (χ0) is 17.6. The van der Waals surface area contributed by atoms with Crippen LogP contribution >= 0.6 is 0 Å². The Hall–Kier alpha value is -2.83. The van der Waals surface area contributed by atoms with Crippen LogP contribution in [-0.4, -0.2) is 20.7 Å². The van der Waals surface area contributed by atoms with E-state index in [0.29, 0.717) is 17.1 Å². The first kappa shape index (κ1) is 15.7. The lowest BCUT2D eigenvalue weighted by atomic mass is 9.95. The van der Waals surface area contributed by atoms with Gasteiger partial charge in [0.25, 0.3) is 5.92 Å². The topological polar surface area (TPSA) is 56.7 Å². The average Bonchev–Trinajstić information content (AvgIpc) is 2.92. The standard InChI is InChI=1S/C18H15F3N4/c19-13-3-1-11(2-4-13)17-16(12-6-8-23-15(22)9-12)14-5-7-18(20,21)10-25(14)24-17/h1-4,6,8-9H,5,7,10H2,(H2,22,23). The maximum Gasteiger partial charge on any atom is 0.267 e. The molecule has 0 bridgehead atoms. The summed E-state index contributed by atoms with van der Waals surface area (Å²) in [4.78, 5) is 3.98. The fraction of sp³-hybridized carbons (Fsp3) is 0.222. The molecule has 1 aliphatic heterocycles. The van der Waals surface area contributed by atoms with E-state index in [2.05, 4.69) is 10.1 Å². The van der Waals surface area contributed by atoms with Gasteiger partial charge in [-0.3, -0.25) is 4.68 Å². The van der Waals surface area contributed by atoms with Crippen molar-refractivity contribution in [1.82, 2.24) is 14.8 Å². The van der Waals surface area contributed by atoms with E-state index in [-0.39, 0.29) is 18.7 Å². The summed E-state index contributed by atoms with van der Waals surface area (Å²) in [5.74, 6) is -2.81. The molecule has 0 amide bonds. The van der Waals surface area contributed by atoms with Crippen LogP contribution in [0.5, 0.6) is 0 Å². The molecule has 0 radical (unpaired) electrons. The molecule has 2 N–H and O–H groups in total. The number of alkyl halides is 2. The third-order valence-corrected chi connectivity index (χ3v) is 4.35. The Morgan fingerprint density at radius 3 is 2.56 bits per heavy atom. The maximum atomic E-state index is 13.8. The average molecular weight is 344 g/mol. The van der Waals surface area contributed by atoms with Gasteiger partial charge in [0.2, 0.25) is 0 Å². The van der Waals surface area contributed by atoms with Crippen LogP contribution in [0.25, 0.3) is 22.4 Å². The number of nitrogen functional groups attached to an aromatic ring is 1. The molecule has 2 aromatic heterocycles. The first-order chi connectivity index (χ1) is 11.9. The fourth-order valence-electron chi connectivity index (χ4n) is 3.20. The molecule has 4 nitrogen and oxygen atoms in total. The zero-order valence-corrected chi connectivity index (χ0v) is 13.2. The van der Waals surface area contributed by atoms with Crippen LogP contribution in [0.1, 0.15) is 12.1 Å². The molecule has 128 valence electrons. The number of benzene rings is 1. The second-order valence-corrected chi connectivity index (χ2v) is 6.16. The van der Waals surface area contributed by atoms with Gasteiger partial charge in [0.05, 0.1) is 0 Å². The molecular weight excluding hydrogens is 329 g/mol. The van der Waals surface area contributed by atoms with Gasteiger partial charge < -0.3 is 5.73 Å². The Morgan fingerprint density at radius 2 is 1.84 bits per heavy atom. The number of nitrogens with zero attached hydrogens (tertiary/aromatic N) is 3. The zero-order valence-electron chi connectivity index (χ0n) is 13.2. The monoisotopic (exact) mass is 344 g/mol. The highest BCUT2D eigenvalue weighted by Gasteiger charge is 2.37. The normalized spacial score (nSPS) is 15.8. The minimum absolute atomic E-state index is 0.207. The number of aromatic nitrogens is 3. The minimum atomic E-state index is -2.78. The number of nitrogens with two attached hydrogens (primary N) is 1. The van der Waals surface area contributed by atoms with E-state index < -0.39 is 12.5 Å². The molecule has 0 saturated carbocycles. The van der Waals surface area contributed by atoms with Gasteiger partial charge in [-0.2, -0.15) is 5.10 Å². The second-order valence-electron chi connectivity index (χ2n) is 6.16. The first-order valence-corrected chi connectivity index (χ1v) is 7.88. The van der Waals surface area contributed by atoms with Crippen molar-refractivity contribution in [3.63, 3.8) is 0 Å². The SMILES string of the molecule is Nc1cc(-c2c(-c3ccc(F)cc3)nn3c2CCC(F)(F)C3)ccn1. The molecule has 1 aliphatic rings. The Labute approximate surface area is 142 Å². The Morgan fingerprint density at radius 1 is 1.08 bits per heavy atom. The summed E-state index contributed by atoms with van der Waals surface area (Å²) in [6.07, 6.45) is 1.55. The van der Waals surface area contributed by atoms with Crippen molar-refractivity contribution < 1.29 is 13.2 Å². The predicted molar refractivity (Wildman–Crippen MR) is 88.5 cm³/mol. The molecule has 0 atom stereocenters. The summed E-state index contributed by atoms with van der Waals surface area (Å²) in [7, 11) is 0. The molecule has 1 aromatic carbocycles. The van der Waals surface area contributed by atoms with Gasteiger partial charge in [0.1, 0.15) is 23.9 Å². The van der Waals surface area contributed by atoms with Crippen molar-refractivity contribution in [2.24, 2.45) is 0 Å². The van der Waals surface area contributed by atoms with Gasteiger partial charge in [-0.25, -0.2) is 18.2 Å². The first-order valence-electron chi connectivity index (χ1n) is 7.88. The van der Waals surface area contributed by atoms with E-state index in [1.54, 1.807) is 30.5 Å². The molecule has 7 heteroatoms. The van der Waals surface area contributed by atoms with Gasteiger partial charge in [0.15, 0.2) is 0 Å². The quantitative estimate of drug-likeness (QED) is 0.767. The van der Waals surface area contributed by atoms with E-state index in [1.165, 1.54) is 16.8 Å². The lowest BCUT2D eigenvalue weighted by Gasteiger charge is -2.23. The molecule has 0 spiro atoms. The molecule has 0 fully saturated rings. The minimum Gasteiger partial charge on any atom is -0.384 e. The van der Waals surface area contributed by atoms with Crippen molar-refractivity contribution >= 4 is 5.82 Å². The fourth-order valence-corrected chi connectivity index (χ4v) is 3.20. The van der Waals surface area contributed by atoms with Crippen LogP contribution in [0.3, 0.4) is 0 Å². The largest absolute Gasteiger partial charge is 0.384 e. The summed E-state index contributed by atoms with van der Waals surface area (Å²) < 4.78 is 42.2. The van der Waals surface area contributed by atoms with Crippen molar-refractivity contribution in [3.8, 4) is 22.4 Å². The number of halogens is 3. The van der Waals surface area contributed by atoms with Crippen LogP contribution < -0.4 is 5.73 Å². The summed E-state index contributed by atoms with van der Waals surface area (Å²) in [6.45, 7) is -0.461. The lowest BCUT2D eigenvalue weighted by Crippen LogP contribution is -2.31.